The van der Waals surface area contributed by atoms with Gasteiger partial charge in [-0.2, -0.15) is 0 Å². The zero-order valence-corrected chi connectivity index (χ0v) is 9.91. The molecule has 0 rings (SSSR count). The molecule has 0 bridgehead atoms. The molecule has 0 fully saturated rings. The molecule has 0 heterocycles. The summed E-state index contributed by atoms with van der Waals surface area (Å²) in [6.45, 7) is 6.45. The molecule has 88 valence electrons. The molecule has 7 N–H and O–H groups in total. The first-order valence-electron chi connectivity index (χ1n) is 3.98. The van der Waals surface area contributed by atoms with Gasteiger partial charge in [0, 0.05) is 0 Å². The highest BCUT2D eigenvalue weighted by Crippen LogP contribution is 2.04. The van der Waals surface area contributed by atoms with Crippen molar-refractivity contribution >= 4 is 17.6 Å². The first-order valence-corrected chi connectivity index (χ1v) is 7.82. The van der Waals surface area contributed by atoms with Crippen molar-refractivity contribution in [2.45, 2.75) is 11.3 Å². The van der Waals surface area contributed by atoms with Crippen molar-refractivity contribution in [1.82, 2.24) is 5.32 Å². The van der Waals surface area contributed by atoms with Gasteiger partial charge in [-0.25, -0.2) is 0 Å². The topological polar surface area (TPSA) is 133 Å². The summed E-state index contributed by atoms with van der Waals surface area (Å²) in [7, 11) is -9.07. The third-order valence-corrected chi connectivity index (χ3v) is 4.14. The Morgan fingerprint density at radius 1 is 0.800 bits per heavy atom. The maximum atomic E-state index is 8.94. The van der Waals surface area contributed by atoms with Crippen LogP contribution in [0.1, 0.15) is 0 Å². The molecule has 9 heteroatoms. The lowest BCUT2D eigenvalue weighted by atomic mass is 10.5. The van der Waals surface area contributed by atoms with Gasteiger partial charge in [0.25, 0.3) is 0 Å². The first-order chi connectivity index (χ1) is 6.62. The Balaban J connectivity index is 4.67. The fourth-order valence-corrected chi connectivity index (χ4v) is 2.47. The van der Waals surface area contributed by atoms with E-state index in [4.69, 9.17) is 28.8 Å². The van der Waals surface area contributed by atoms with E-state index in [1.54, 1.807) is 0 Å². The molecule has 0 aromatic rings. The van der Waals surface area contributed by atoms with E-state index < -0.39 is 28.9 Å². The van der Waals surface area contributed by atoms with E-state index in [1.165, 1.54) is 0 Å². The van der Waals surface area contributed by atoms with Crippen LogP contribution in [0.15, 0.2) is 25.3 Å². The zero-order chi connectivity index (χ0) is 12.3. The van der Waals surface area contributed by atoms with Crippen molar-refractivity contribution in [2.24, 2.45) is 0 Å². The molecular formula is C6H15NO6Si2. The van der Waals surface area contributed by atoms with Crippen LogP contribution in [0.2, 0.25) is 0 Å². The molecule has 0 spiro atoms. The lowest BCUT2D eigenvalue weighted by molar-refractivity contribution is 0.195. The van der Waals surface area contributed by atoms with Gasteiger partial charge in [0.2, 0.25) is 0 Å². The normalized spacial score (nSPS) is 16.9. The summed E-state index contributed by atoms with van der Waals surface area (Å²) in [5.74, 6) is 0. The third kappa shape index (κ3) is 4.79. The predicted molar refractivity (Wildman–Crippen MR) is 55.9 cm³/mol. The van der Waals surface area contributed by atoms with E-state index in [0.29, 0.717) is 0 Å². The van der Waals surface area contributed by atoms with Crippen LogP contribution >= 0.6 is 0 Å². The first kappa shape index (κ1) is 14.6. The van der Waals surface area contributed by atoms with Crippen LogP contribution in [-0.4, -0.2) is 57.7 Å². The standard InChI is InChI=1S/C6H15NO6Si2/c1-3-5(14(8,9)10)7-6(4-2)15(11,12)13/h3-13H,1-2H2. The number of hydrogen-bond acceptors (Lipinski definition) is 7. The van der Waals surface area contributed by atoms with Gasteiger partial charge in [0.15, 0.2) is 0 Å². The minimum atomic E-state index is -4.53. The number of rotatable bonds is 6. The van der Waals surface area contributed by atoms with Crippen molar-refractivity contribution in [3.05, 3.63) is 25.3 Å². The molecule has 7 nitrogen and oxygen atoms in total. The highest BCUT2D eigenvalue weighted by atomic mass is 28.4. The Morgan fingerprint density at radius 3 is 1.20 bits per heavy atom. The van der Waals surface area contributed by atoms with E-state index in [1.807, 2.05) is 0 Å². The van der Waals surface area contributed by atoms with Crippen LogP contribution in [0.3, 0.4) is 0 Å². The summed E-state index contributed by atoms with van der Waals surface area (Å²) in [6, 6.07) is 0. The molecule has 2 unspecified atom stereocenters. The number of nitrogens with one attached hydrogen (secondary N) is 1. The van der Waals surface area contributed by atoms with Gasteiger partial charge in [-0.05, 0) is 0 Å². The van der Waals surface area contributed by atoms with E-state index >= 15 is 0 Å². The van der Waals surface area contributed by atoms with Crippen LogP contribution in [-0.2, 0) is 0 Å². The smallest absolute Gasteiger partial charge is 0.389 e. The van der Waals surface area contributed by atoms with Gasteiger partial charge >= 0.3 is 17.6 Å². The second-order valence-electron chi connectivity index (χ2n) is 2.97. The summed E-state index contributed by atoms with van der Waals surface area (Å²) in [5.41, 5.74) is -2.67. The highest BCUT2D eigenvalue weighted by Gasteiger charge is 2.44. The summed E-state index contributed by atoms with van der Waals surface area (Å²) in [6.07, 6.45) is 1.98. The summed E-state index contributed by atoms with van der Waals surface area (Å²) >= 11 is 0. The van der Waals surface area contributed by atoms with Crippen LogP contribution in [0, 0.1) is 0 Å². The van der Waals surface area contributed by atoms with Crippen molar-refractivity contribution in [2.75, 3.05) is 0 Å². The van der Waals surface area contributed by atoms with Gasteiger partial charge in [-0.15, -0.1) is 13.2 Å². The lowest BCUT2D eigenvalue weighted by Crippen LogP contribution is -2.64. The largest absolute Gasteiger partial charge is 0.514 e. The van der Waals surface area contributed by atoms with Crippen LogP contribution in [0.25, 0.3) is 0 Å². The van der Waals surface area contributed by atoms with E-state index in [2.05, 4.69) is 18.5 Å². The number of hydrogen-bond donors (Lipinski definition) is 7. The quantitative estimate of drug-likeness (QED) is 0.194. The molecule has 0 saturated heterocycles. The fraction of sp³-hybridized carbons (Fsp3) is 0.333. The minimum Gasteiger partial charge on any atom is -0.389 e. The van der Waals surface area contributed by atoms with Gasteiger partial charge in [-0.1, -0.05) is 12.2 Å². The molecule has 0 amide bonds. The Kier molecular flexibility index (Phi) is 4.99. The third-order valence-electron chi connectivity index (χ3n) is 1.67. The van der Waals surface area contributed by atoms with Gasteiger partial charge < -0.3 is 28.8 Å². The van der Waals surface area contributed by atoms with Gasteiger partial charge in [0.1, 0.15) is 0 Å². The van der Waals surface area contributed by atoms with Crippen molar-refractivity contribution in [3.63, 3.8) is 0 Å². The molecule has 0 aliphatic carbocycles. The lowest BCUT2D eigenvalue weighted by Gasteiger charge is -2.27. The van der Waals surface area contributed by atoms with Crippen molar-refractivity contribution in [1.29, 1.82) is 0 Å². The van der Waals surface area contributed by atoms with E-state index in [0.717, 1.165) is 12.2 Å². The Labute approximate surface area is 89.0 Å². The molecular weight excluding hydrogens is 238 g/mol. The maximum absolute atomic E-state index is 8.94. The Morgan fingerprint density at radius 2 is 1.07 bits per heavy atom. The molecule has 0 aromatic heterocycles. The van der Waals surface area contributed by atoms with E-state index in [9.17, 15) is 0 Å². The molecule has 0 aliphatic rings. The van der Waals surface area contributed by atoms with Gasteiger partial charge in [-0.3, -0.25) is 5.32 Å². The molecule has 0 radical (unpaired) electrons. The Hall–Kier alpha value is -0.366. The predicted octanol–water partition coefficient (Wildman–Crippen LogP) is -3.40. The van der Waals surface area contributed by atoms with Crippen molar-refractivity contribution < 1.29 is 28.8 Å². The summed E-state index contributed by atoms with van der Waals surface area (Å²) in [4.78, 5) is 53.6. The molecule has 0 aliphatic heterocycles. The summed E-state index contributed by atoms with van der Waals surface area (Å²) < 4.78 is 0. The van der Waals surface area contributed by atoms with Crippen LogP contribution in [0.5, 0.6) is 0 Å². The maximum Gasteiger partial charge on any atom is 0.514 e. The molecule has 15 heavy (non-hydrogen) atoms. The molecule has 0 aromatic carbocycles. The molecule has 2 atom stereocenters. The fourth-order valence-electron chi connectivity index (χ4n) is 0.869. The SMILES string of the molecule is C=CC(NC(C=C)[Si](O)(O)O)[Si](O)(O)O. The average Bonchev–Trinajstić information content (AvgIpc) is 2.01. The average molecular weight is 253 g/mol. The molecule has 0 saturated carbocycles. The Bertz CT molecular complexity index is 211. The van der Waals surface area contributed by atoms with Crippen molar-refractivity contribution in [3.8, 4) is 0 Å². The monoisotopic (exact) mass is 253 g/mol. The van der Waals surface area contributed by atoms with Crippen LogP contribution in [0.4, 0.5) is 0 Å². The minimum absolute atomic E-state index is 0.989. The summed E-state index contributed by atoms with van der Waals surface area (Å²) in [5, 5.41) is 2.22. The van der Waals surface area contributed by atoms with E-state index in [-0.39, 0.29) is 0 Å². The highest BCUT2D eigenvalue weighted by molar-refractivity contribution is 6.60. The van der Waals surface area contributed by atoms with Crippen LogP contribution < -0.4 is 5.32 Å². The van der Waals surface area contributed by atoms with Gasteiger partial charge in [0.05, 0.1) is 11.3 Å². The zero-order valence-electron chi connectivity index (χ0n) is 7.91. The second-order valence-corrected chi connectivity index (χ2v) is 6.96. The second kappa shape index (κ2) is 5.11.